The Hall–Kier alpha value is 0.0649. The van der Waals surface area contributed by atoms with E-state index in [1.807, 2.05) is 0 Å². The van der Waals surface area contributed by atoms with Crippen LogP contribution in [0.25, 0.3) is 0 Å². The van der Waals surface area contributed by atoms with E-state index in [0.717, 1.165) is 19.3 Å². The van der Waals surface area contributed by atoms with E-state index in [1.54, 1.807) is 0 Å². The average molecular weight is 152 g/mol. The summed E-state index contributed by atoms with van der Waals surface area (Å²) in [6, 6.07) is 0. The zero-order valence-corrected chi connectivity index (χ0v) is 8.70. The highest BCUT2D eigenvalue weighted by atomic mass is 14.4. The SMILES string of the molecule is [B]C(CC)(CC)C(C)(C)CC. The Morgan fingerprint density at radius 3 is 1.36 bits per heavy atom. The van der Waals surface area contributed by atoms with Crippen molar-refractivity contribution in [2.45, 2.75) is 59.2 Å². The van der Waals surface area contributed by atoms with E-state index < -0.39 is 0 Å². The molecule has 0 spiro atoms. The Morgan fingerprint density at radius 2 is 1.27 bits per heavy atom. The van der Waals surface area contributed by atoms with Crippen LogP contribution in [-0.4, -0.2) is 7.85 Å². The molecule has 0 saturated carbocycles. The largest absolute Gasteiger partial charge is 0.0753 e. The lowest BCUT2D eigenvalue weighted by Crippen LogP contribution is -2.30. The zero-order valence-electron chi connectivity index (χ0n) is 8.70. The van der Waals surface area contributed by atoms with Crippen LogP contribution in [0.1, 0.15) is 53.9 Å². The van der Waals surface area contributed by atoms with Crippen molar-refractivity contribution in [1.29, 1.82) is 0 Å². The Bertz CT molecular complexity index is 112. The van der Waals surface area contributed by atoms with Gasteiger partial charge in [0.05, 0.1) is 7.85 Å². The predicted octanol–water partition coefficient (Wildman–Crippen LogP) is 3.57. The minimum absolute atomic E-state index is 0.0295. The molecule has 0 nitrogen and oxygen atoms in total. The fourth-order valence-electron chi connectivity index (χ4n) is 1.56. The van der Waals surface area contributed by atoms with Gasteiger partial charge < -0.3 is 0 Å². The summed E-state index contributed by atoms with van der Waals surface area (Å²) in [5, 5.41) is 0.0295. The van der Waals surface area contributed by atoms with Crippen LogP contribution >= 0.6 is 0 Å². The molecule has 0 aromatic carbocycles. The minimum atomic E-state index is 0.0295. The smallest absolute Gasteiger partial charge is 0.0655 e. The summed E-state index contributed by atoms with van der Waals surface area (Å²) in [4.78, 5) is 0. The van der Waals surface area contributed by atoms with Crippen molar-refractivity contribution >= 4 is 7.85 Å². The maximum Gasteiger partial charge on any atom is 0.0753 e. The van der Waals surface area contributed by atoms with Gasteiger partial charge in [0.2, 0.25) is 0 Å². The first-order valence-corrected chi connectivity index (χ1v) is 4.72. The second-order valence-corrected chi connectivity index (χ2v) is 4.10. The maximum atomic E-state index is 6.28. The van der Waals surface area contributed by atoms with Gasteiger partial charge in [0, 0.05) is 0 Å². The van der Waals surface area contributed by atoms with Gasteiger partial charge in [0.25, 0.3) is 0 Å². The first-order chi connectivity index (χ1) is 4.93. The lowest BCUT2D eigenvalue weighted by molar-refractivity contribution is 0.210. The van der Waals surface area contributed by atoms with Crippen molar-refractivity contribution in [1.82, 2.24) is 0 Å². The van der Waals surface area contributed by atoms with Crippen LogP contribution in [0.5, 0.6) is 0 Å². The summed E-state index contributed by atoms with van der Waals surface area (Å²) in [6.45, 7) is 11.1. The fourth-order valence-corrected chi connectivity index (χ4v) is 1.56. The molecule has 1 heteroatoms. The molecule has 11 heavy (non-hydrogen) atoms. The van der Waals surface area contributed by atoms with E-state index in [1.165, 1.54) is 0 Å². The van der Waals surface area contributed by atoms with E-state index in [-0.39, 0.29) is 10.7 Å². The second kappa shape index (κ2) is 3.64. The highest BCUT2D eigenvalue weighted by Gasteiger charge is 2.35. The van der Waals surface area contributed by atoms with Gasteiger partial charge in [-0.25, -0.2) is 0 Å². The molecule has 0 atom stereocenters. The Balaban J connectivity index is 4.47. The Morgan fingerprint density at radius 1 is 0.909 bits per heavy atom. The molecule has 0 aromatic heterocycles. The first kappa shape index (κ1) is 11.1. The second-order valence-electron chi connectivity index (χ2n) is 4.10. The zero-order chi connectivity index (χ0) is 9.12. The van der Waals surface area contributed by atoms with E-state index in [4.69, 9.17) is 7.85 Å². The minimum Gasteiger partial charge on any atom is -0.0655 e. The van der Waals surface area contributed by atoms with Gasteiger partial charge in [0.1, 0.15) is 0 Å². The quantitative estimate of drug-likeness (QED) is 0.540. The number of hydrogen-bond acceptors (Lipinski definition) is 0. The highest BCUT2D eigenvalue weighted by molar-refractivity contribution is 6.15. The molecule has 0 amide bonds. The monoisotopic (exact) mass is 152 g/mol. The summed E-state index contributed by atoms with van der Waals surface area (Å²) in [5.41, 5.74) is 0.274. The van der Waals surface area contributed by atoms with Gasteiger partial charge in [-0.05, 0) is 5.41 Å². The van der Waals surface area contributed by atoms with E-state index in [9.17, 15) is 0 Å². The summed E-state index contributed by atoms with van der Waals surface area (Å²) < 4.78 is 0. The molecule has 0 saturated heterocycles. The third-order valence-corrected chi connectivity index (χ3v) is 3.49. The summed E-state index contributed by atoms with van der Waals surface area (Å²) in [5.74, 6) is 0. The Kier molecular flexibility index (Phi) is 3.67. The van der Waals surface area contributed by atoms with Crippen LogP contribution in [0.3, 0.4) is 0 Å². The van der Waals surface area contributed by atoms with Crippen LogP contribution in [0.15, 0.2) is 0 Å². The van der Waals surface area contributed by atoms with Crippen molar-refractivity contribution in [3.8, 4) is 0 Å². The standard InChI is InChI=1S/C10H21B/c1-6-9(4,5)10(11,7-2)8-3/h6-8H2,1-5H3. The Labute approximate surface area is 73.2 Å². The molecular formula is C10H21B. The molecule has 0 N–H and O–H groups in total. The van der Waals surface area contributed by atoms with Gasteiger partial charge >= 0.3 is 0 Å². The number of rotatable bonds is 4. The van der Waals surface area contributed by atoms with E-state index in [2.05, 4.69) is 34.6 Å². The molecular weight excluding hydrogens is 131 g/mol. The van der Waals surface area contributed by atoms with E-state index in [0.29, 0.717) is 0 Å². The lowest BCUT2D eigenvalue weighted by atomic mass is 9.50. The van der Waals surface area contributed by atoms with Crippen molar-refractivity contribution in [2.75, 3.05) is 0 Å². The molecule has 0 unspecified atom stereocenters. The average Bonchev–Trinajstić information content (AvgIpc) is 2.02. The van der Waals surface area contributed by atoms with E-state index >= 15 is 0 Å². The molecule has 0 rings (SSSR count). The van der Waals surface area contributed by atoms with Crippen LogP contribution < -0.4 is 0 Å². The molecule has 0 bridgehead atoms. The van der Waals surface area contributed by atoms with Crippen LogP contribution in [-0.2, 0) is 0 Å². The van der Waals surface area contributed by atoms with Crippen molar-refractivity contribution in [3.63, 3.8) is 0 Å². The fraction of sp³-hybridized carbons (Fsp3) is 1.00. The van der Waals surface area contributed by atoms with Crippen molar-refractivity contribution in [3.05, 3.63) is 0 Å². The first-order valence-electron chi connectivity index (χ1n) is 4.72. The molecule has 2 radical (unpaired) electrons. The van der Waals surface area contributed by atoms with Crippen LogP contribution in [0.2, 0.25) is 5.31 Å². The molecule has 0 aromatic rings. The summed E-state index contributed by atoms with van der Waals surface area (Å²) >= 11 is 0. The molecule has 0 aliphatic heterocycles. The topological polar surface area (TPSA) is 0 Å². The van der Waals surface area contributed by atoms with Crippen LogP contribution in [0.4, 0.5) is 0 Å². The molecule has 64 valence electrons. The number of hydrogen-bond donors (Lipinski definition) is 0. The molecule has 0 aliphatic carbocycles. The van der Waals surface area contributed by atoms with Crippen molar-refractivity contribution < 1.29 is 0 Å². The third kappa shape index (κ3) is 2.01. The molecule has 0 fully saturated rings. The molecule has 0 heterocycles. The van der Waals surface area contributed by atoms with Gasteiger partial charge in [-0.3, -0.25) is 0 Å². The molecule has 0 aliphatic rings. The summed E-state index contributed by atoms with van der Waals surface area (Å²) in [7, 11) is 6.28. The lowest BCUT2D eigenvalue weighted by Gasteiger charge is -2.44. The summed E-state index contributed by atoms with van der Waals surface area (Å²) in [6.07, 6.45) is 3.31. The predicted molar refractivity (Wildman–Crippen MR) is 53.1 cm³/mol. The highest BCUT2D eigenvalue weighted by Crippen LogP contribution is 2.50. The van der Waals surface area contributed by atoms with Gasteiger partial charge in [0.15, 0.2) is 0 Å². The van der Waals surface area contributed by atoms with Gasteiger partial charge in [-0.15, -0.1) is 0 Å². The normalized spacial score (nSPS) is 13.5. The van der Waals surface area contributed by atoms with Crippen molar-refractivity contribution in [2.24, 2.45) is 5.41 Å². The third-order valence-electron chi connectivity index (χ3n) is 3.49. The van der Waals surface area contributed by atoms with Gasteiger partial charge in [-0.2, -0.15) is 0 Å². The van der Waals surface area contributed by atoms with Crippen LogP contribution in [0, 0.1) is 5.41 Å². The van der Waals surface area contributed by atoms with Gasteiger partial charge in [-0.1, -0.05) is 59.2 Å². The maximum absolute atomic E-state index is 6.28.